The molecule has 0 unspecified atom stereocenters. The molecule has 2 saturated heterocycles. The number of ether oxygens (including phenoxy) is 1. The Morgan fingerprint density at radius 2 is 1.48 bits per heavy atom. The molecule has 16 nitrogen and oxygen atoms in total. The van der Waals surface area contributed by atoms with Gasteiger partial charge in [-0.05, 0) is 30.3 Å². The van der Waals surface area contributed by atoms with E-state index < -0.39 is 59.1 Å². The van der Waals surface area contributed by atoms with Crippen LogP contribution in [0.25, 0.3) is 21.5 Å². The molecule has 2 amide bonds. The molecule has 2 fully saturated rings. The number of hydrogen-bond acceptors (Lipinski definition) is 13. The second-order valence-corrected chi connectivity index (χ2v) is 15.8. The second kappa shape index (κ2) is 13.7. The Balaban J connectivity index is 1.01. The fourth-order valence-electron chi connectivity index (χ4n) is 7.71. The molecule has 8 rings (SSSR count). The summed E-state index contributed by atoms with van der Waals surface area (Å²) < 4.78 is 36.2. The third kappa shape index (κ3) is 5.79. The van der Waals surface area contributed by atoms with E-state index >= 15 is 0 Å². The molecule has 4 heterocycles. The van der Waals surface area contributed by atoms with Crippen molar-refractivity contribution in [2.45, 2.75) is 42.1 Å². The fourth-order valence-corrected chi connectivity index (χ4v) is 9.34. The van der Waals surface area contributed by atoms with Crippen LogP contribution in [0.15, 0.2) is 77.8 Å². The third-order valence-electron chi connectivity index (χ3n) is 10.5. The molecule has 5 aromatic rings. The molecule has 5 atom stereocenters. The lowest BCUT2D eigenvalue weighted by molar-refractivity contribution is -0.254. The average molecular weight is 758 g/mol. The number of nitrogens with zero attached hydrogens (tertiary/aromatic N) is 7. The van der Waals surface area contributed by atoms with Crippen molar-refractivity contribution in [3.05, 3.63) is 89.7 Å². The van der Waals surface area contributed by atoms with Gasteiger partial charge >= 0.3 is 0 Å². The number of amides is 2. The highest BCUT2D eigenvalue weighted by Gasteiger charge is 2.45. The molecule has 4 aromatic carbocycles. The van der Waals surface area contributed by atoms with Gasteiger partial charge in [-0.1, -0.05) is 41.6 Å². The first-order valence-corrected chi connectivity index (χ1v) is 18.9. The zero-order valence-electron chi connectivity index (χ0n) is 29.4. The minimum absolute atomic E-state index is 0.190. The number of sulfonamides is 1. The topological polar surface area (TPSA) is 202 Å². The fraction of sp³-hybridized carbons (Fsp3) is 0.351. The number of aliphatic hydroxyl groups excluding tert-OH is 4. The van der Waals surface area contributed by atoms with Crippen molar-refractivity contribution in [3.63, 3.8) is 0 Å². The van der Waals surface area contributed by atoms with E-state index in [-0.39, 0.29) is 30.2 Å². The van der Waals surface area contributed by atoms with Crippen molar-refractivity contribution in [2.75, 3.05) is 56.7 Å². The Morgan fingerprint density at radius 1 is 0.815 bits per heavy atom. The van der Waals surface area contributed by atoms with Crippen LogP contribution in [-0.4, -0.2) is 136 Å². The zero-order valence-corrected chi connectivity index (χ0v) is 30.2. The average Bonchev–Trinajstić information content (AvgIpc) is 3.65. The van der Waals surface area contributed by atoms with Crippen LogP contribution in [0.5, 0.6) is 0 Å². The van der Waals surface area contributed by atoms with Gasteiger partial charge in [0, 0.05) is 84.3 Å². The summed E-state index contributed by atoms with van der Waals surface area (Å²) >= 11 is 0. The summed E-state index contributed by atoms with van der Waals surface area (Å²) in [4.78, 5) is 33.1. The molecular weight excluding hydrogens is 719 g/mol. The van der Waals surface area contributed by atoms with Gasteiger partial charge in [0.15, 0.2) is 6.23 Å². The summed E-state index contributed by atoms with van der Waals surface area (Å²) in [6.07, 6.45) is -5.86. The predicted octanol–water partition coefficient (Wildman–Crippen LogP) is 0.930. The largest absolute Gasteiger partial charge is 0.394 e. The SMILES string of the molecule is CN(C)c1cccc2c(S(=O)(=O)N3CCN(c4ccc5c6c(cccc46)C(=O)N(Cc4cn([C@@H]6O[C@H](CO)[C@H](O)[C@H](O)[C@H]6O)nn4)C5=O)CC3)cccc12. The minimum atomic E-state index is -3.82. The minimum Gasteiger partial charge on any atom is -0.394 e. The van der Waals surface area contributed by atoms with Crippen molar-refractivity contribution < 1.29 is 43.2 Å². The number of carbonyl (C=O) groups is 2. The molecule has 282 valence electrons. The van der Waals surface area contributed by atoms with Crippen LogP contribution in [0, 0.1) is 0 Å². The Labute approximate surface area is 310 Å². The van der Waals surface area contributed by atoms with Gasteiger partial charge in [-0.2, -0.15) is 4.31 Å². The van der Waals surface area contributed by atoms with E-state index in [0.29, 0.717) is 40.4 Å². The first kappa shape index (κ1) is 36.0. The summed E-state index contributed by atoms with van der Waals surface area (Å²) in [5.41, 5.74) is 2.54. The van der Waals surface area contributed by atoms with Crippen molar-refractivity contribution in [2.24, 2.45) is 0 Å². The Hall–Kier alpha value is -5.01. The molecule has 0 bridgehead atoms. The van der Waals surface area contributed by atoms with E-state index in [4.69, 9.17) is 4.74 Å². The zero-order chi connectivity index (χ0) is 38.1. The lowest BCUT2D eigenvalue weighted by atomic mass is 9.92. The number of benzene rings is 4. The van der Waals surface area contributed by atoms with Crippen LogP contribution < -0.4 is 9.80 Å². The van der Waals surface area contributed by atoms with Gasteiger partial charge < -0.3 is 35.0 Å². The Kier molecular flexibility index (Phi) is 9.12. The van der Waals surface area contributed by atoms with Gasteiger partial charge in [-0.25, -0.2) is 13.1 Å². The van der Waals surface area contributed by atoms with Crippen LogP contribution in [0.1, 0.15) is 32.6 Å². The monoisotopic (exact) mass is 757 g/mol. The Bertz CT molecular complexity index is 2370. The number of fused-ring (bicyclic) bond motifs is 1. The van der Waals surface area contributed by atoms with E-state index in [1.807, 2.05) is 55.4 Å². The Morgan fingerprint density at radius 3 is 2.20 bits per heavy atom. The van der Waals surface area contributed by atoms with Crippen LogP contribution in [0.2, 0.25) is 0 Å². The van der Waals surface area contributed by atoms with E-state index in [1.54, 1.807) is 30.3 Å². The quantitative estimate of drug-likeness (QED) is 0.163. The van der Waals surface area contributed by atoms with Crippen LogP contribution in [-0.2, 0) is 21.3 Å². The smallest absolute Gasteiger partial charge is 0.261 e. The number of carbonyl (C=O) groups excluding carboxylic acids is 2. The van der Waals surface area contributed by atoms with Gasteiger partial charge in [0.1, 0.15) is 30.1 Å². The normalized spacial score (nSPS) is 23.8. The molecule has 17 heteroatoms. The molecule has 0 aliphatic carbocycles. The molecule has 3 aliphatic heterocycles. The van der Waals surface area contributed by atoms with Crippen LogP contribution in [0.3, 0.4) is 0 Å². The summed E-state index contributed by atoms with van der Waals surface area (Å²) in [5.74, 6) is -1.08. The van der Waals surface area contributed by atoms with Crippen LogP contribution in [0.4, 0.5) is 11.4 Å². The first-order valence-electron chi connectivity index (χ1n) is 17.5. The second-order valence-electron chi connectivity index (χ2n) is 13.9. The van der Waals surface area contributed by atoms with Gasteiger partial charge in [-0.3, -0.25) is 14.5 Å². The molecule has 54 heavy (non-hydrogen) atoms. The van der Waals surface area contributed by atoms with Crippen molar-refractivity contribution in [1.82, 2.24) is 24.2 Å². The molecular formula is C37H39N7O9S. The first-order chi connectivity index (χ1) is 25.9. The third-order valence-corrected chi connectivity index (χ3v) is 12.5. The number of rotatable bonds is 8. The molecule has 3 aliphatic rings. The van der Waals surface area contributed by atoms with E-state index in [1.165, 1.54) is 10.5 Å². The molecule has 0 spiro atoms. The standard InChI is InChI=1S/C37H39N7O9S/c1-40(2)27-10-4-7-23-22(27)6-5-11-30(23)54(51,52)42-16-14-41(15-17-42)28-13-12-26-31-24(28)8-3-9-25(31)35(49)43(36(26)50)18-21-19-44(39-38-21)37-34(48)33(47)32(46)29(20-45)53-37/h3-13,19,29,32-34,37,45-48H,14-18,20H2,1-2H3/t29-,32+,33+,34-,37-/m1/s1. The lowest BCUT2D eigenvalue weighted by Gasteiger charge is -2.39. The van der Waals surface area contributed by atoms with Gasteiger partial charge in [0.25, 0.3) is 11.8 Å². The van der Waals surface area contributed by atoms with Gasteiger partial charge in [-0.15, -0.1) is 5.10 Å². The summed E-state index contributed by atoms with van der Waals surface area (Å²) in [6.45, 7) is 0.396. The number of hydrogen-bond donors (Lipinski definition) is 4. The number of aliphatic hydroxyl groups is 4. The van der Waals surface area contributed by atoms with Crippen LogP contribution >= 0.6 is 0 Å². The van der Waals surface area contributed by atoms with E-state index in [2.05, 4.69) is 15.2 Å². The molecule has 1 aromatic heterocycles. The maximum Gasteiger partial charge on any atom is 0.261 e. The van der Waals surface area contributed by atoms with Crippen molar-refractivity contribution in [1.29, 1.82) is 0 Å². The van der Waals surface area contributed by atoms with Gasteiger partial charge in [0.05, 0.1) is 24.2 Å². The highest BCUT2D eigenvalue weighted by Crippen LogP contribution is 2.38. The van der Waals surface area contributed by atoms with Crippen molar-refractivity contribution >= 4 is 54.8 Å². The number of piperazine rings is 1. The summed E-state index contributed by atoms with van der Waals surface area (Å²) in [6, 6.07) is 19.7. The van der Waals surface area contributed by atoms with E-state index in [9.17, 15) is 38.4 Å². The molecule has 0 radical (unpaired) electrons. The highest BCUT2D eigenvalue weighted by atomic mass is 32.2. The van der Waals surface area contributed by atoms with E-state index in [0.717, 1.165) is 26.3 Å². The molecule has 4 N–H and O–H groups in total. The van der Waals surface area contributed by atoms with Crippen molar-refractivity contribution in [3.8, 4) is 0 Å². The number of aromatic nitrogens is 3. The number of imide groups is 1. The van der Waals surface area contributed by atoms with Gasteiger partial charge in [0.2, 0.25) is 10.0 Å². The highest BCUT2D eigenvalue weighted by molar-refractivity contribution is 7.89. The summed E-state index contributed by atoms with van der Waals surface area (Å²) in [7, 11) is 0.0257. The summed E-state index contributed by atoms with van der Waals surface area (Å²) in [5, 5.41) is 51.1. The number of anilines is 2. The lowest BCUT2D eigenvalue weighted by Crippen LogP contribution is -2.56. The molecule has 0 saturated carbocycles. The predicted molar refractivity (Wildman–Crippen MR) is 196 cm³/mol. The maximum absolute atomic E-state index is 14.0. The maximum atomic E-state index is 14.0.